The van der Waals surface area contributed by atoms with E-state index < -0.39 is 21.7 Å². The van der Waals surface area contributed by atoms with Gasteiger partial charge in [0.05, 0.1) is 0 Å². The van der Waals surface area contributed by atoms with Crippen molar-refractivity contribution in [1.29, 1.82) is 0 Å². The Hall–Kier alpha value is -0.660. The van der Waals surface area contributed by atoms with Gasteiger partial charge in [-0.3, -0.25) is 4.79 Å². The second-order valence-corrected chi connectivity index (χ2v) is 5.21. The molecule has 0 aromatic heterocycles. The standard InChI is InChI=1S/C7H16N2O4S/c1-7(2,5-4-6(10)11)9-14(12,13)8-3/h8-9H,4-5H2,1-3H3,(H,10,11). The van der Waals surface area contributed by atoms with Crippen molar-refractivity contribution in [3.63, 3.8) is 0 Å². The third-order valence-electron chi connectivity index (χ3n) is 1.64. The monoisotopic (exact) mass is 224 g/mol. The van der Waals surface area contributed by atoms with Gasteiger partial charge in [0.25, 0.3) is 10.2 Å². The molecule has 0 heterocycles. The van der Waals surface area contributed by atoms with Crippen LogP contribution in [0.4, 0.5) is 0 Å². The van der Waals surface area contributed by atoms with Crippen molar-refractivity contribution in [2.45, 2.75) is 32.2 Å². The third kappa shape index (κ3) is 5.90. The number of nitrogens with one attached hydrogen (secondary N) is 2. The van der Waals surface area contributed by atoms with E-state index in [0.717, 1.165) is 0 Å². The highest BCUT2D eigenvalue weighted by atomic mass is 32.2. The Morgan fingerprint density at radius 2 is 1.93 bits per heavy atom. The summed E-state index contributed by atoms with van der Waals surface area (Å²) in [5, 5.41) is 8.44. The normalized spacial score (nSPS) is 12.8. The van der Waals surface area contributed by atoms with Crippen molar-refractivity contribution in [3.8, 4) is 0 Å². The van der Waals surface area contributed by atoms with Gasteiger partial charge in [-0.25, -0.2) is 4.72 Å². The minimum atomic E-state index is -3.52. The zero-order chi connectivity index (χ0) is 11.4. The molecule has 0 bridgehead atoms. The van der Waals surface area contributed by atoms with Crippen LogP contribution in [0.15, 0.2) is 0 Å². The second kappa shape index (κ2) is 4.72. The molecule has 7 heteroatoms. The predicted molar refractivity (Wildman–Crippen MR) is 52.1 cm³/mol. The van der Waals surface area contributed by atoms with Crippen LogP contribution < -0.4 is 9.44 Å². The lowest BCUT2D eigenvalue weighted by Crippen LogP contribution is -2.47. The van der Waals surface area contributed by atoms with Gasteiger partial charge in [-0.15, -0.1) is 0 Å². The van der Waals surface area contributed by atoms with Crippen LogP contribution in [-0.4, -0.2) is 32.1 Å². The van der Waals surface area contributed by atoms with Crippen molar-refractivity contribution in [1.82, 2.24) is 9.44 Å². The molecule has 0 saturated heterocycles. The van der Waals surface area contributed by atoms with E-state index in [9.17, 15) is 13.2 Å². The highest BCUT2D eigenvalue weighted by molar-refractivity contribution is 7.87. The van der Waals surface area contributed by atoms with E-state index in [4.69, 9.17) is 5.11 Å². The minimum absolute atomic E-state index is 0.0702. The molecule has 84 valence electrons. The Morgan fingerprint density at radius 3 is 2.29 bits per heavy atom. The Labute approximate surface area is 83.9 Å². The molecule has 0 saturated carbocycles. The first-order valence-electron chi connectivity index (χ1n) is 4.13. The second-order valence-electron chi connectivity index (χ2n) is 3.59. The van der Waals surface area contributed by atoms with Gasteiger partial charge in [-0.05, 0) is 20.3 Å². The first kappa shape index (κ1) is 13.3. The summed E-state index contributed by atoms with van der Waals surface area (Å²) in [6.45, 7) is 3.26. The molecule has 0 aliphatic carbocycles. The summed E-state index contributed by atoms with van der Waals surface area (Å²) in [7, 11) is -2.23. The summed E-state index contributed by atoms with van der Waals surface area (Å²) < 4.78 is 26.6. The summed E-state index contributed by atoms with van der Waals surface area (Å²) in [5.41, 5.74) is -0.764. The van der Waals surface area contributed by atoms with E-state index in [2.05, 4.69) is 9.44 Å². The Morgan fingerprint density at radius 1 is 1.43 bits per heavy atom. The quantitative estimate of drug-likeness (QED) is 0.576. The zero-order valence-corrected chi connectivity index (χ0v) is 9.31. The topological polar surface area (TPSA) is 95.5 Å². The van der Waals surface area contributed by atoms with Crippen molar-refractivity contribution in [2.24, 2.45) is 0 Å². The molecule has 0 amide bonds. The highest BCUT2D eigenvalue weighted by Crippen LogP contribution is 2.11. The van der Waals surface area contributed by atoms with Gasteiger partial charge in [-0.1, -0.05) is 0 Å². The van der Waals surface area contributed by atoms with Crippen LogP contribution in [0.2, 0.25) is 0 Å². The number of hydrogen-bond donors (Lipinski definition) is 3. The molecule has 3 N–H and O–H groups in total. The van der Waals surface area contributed by atoms with Crippen LogP contribution in [0, 0.1) is 0 Å². The summed E-state index contributed by atoms with van der Waals surface area (Å²) in [4.78, 5) is 10.3. The lowest BCUT2D eigenvalue weighted by molar-refractivity contribution is -0.137. The van der Waals surface area contributed by atoms with Gasteiger partial charge in [-0.2, -0.15) is 13.1 Å². The van der Waals surface area contributed by atoms with Crippen LogP contribution in [0.3, 0.4) is 0 Å². The number of rotatable bonds is 6. The van der Waals surface area contributed by atoms with Crippen LogP contribution in [0.25, 0.3) is 0 Å². The Balaban J connectivity index is 4.27. The average Bonchev–Trinajstić information content (AvgIpc) is 1.99. The van der Waals surface area contributed by atoms with Crippen LogP contribution in [-0.2, 0) is 15.0 Å². The van der Waals surface area contributed by atoms with Crippen LogP contribution in [0.5, 0.6) is 0 Å². The average molecular weight is 224 g/mol. The first-order valence-corrected chi connectivity index (χ1v) is 5.61. The Kier molecular flexibility index (Phi) is 4.50. The van der Waals surface area contributed by atoms with E-state index in [1.54, 1.807) is 13.8 Å². The molecule has 0 aromatic rings. The zero-order valence-electron chi connectivity index (χ0n) is 8.49. The van der Waals surface area contributed by atoms with E-state index in [1.807, 2.05) is 0 Å². The number of carbonyl (C=O) groups is 1. The maximum absolute atomic E-state index is 11.1. The van der Waals surface area contributed by atoms with Gasteiger partial charge in [0.1, 0.15) is 0 Å². The molecule has 0 fully saturated rings. The molecule has 14 heavy (non-hydrogen) atoms. The highest BCUT2D eigenvalue weighted by Gasteiger charge is 2.24. The predicted octanol–water partition coefficient (Wildman–Crippen LogP) is -0.316. The maximum atomic E-state index is 11.1. The van der Waals surface area contributed by atoms with Gasteiger partial charge >= 0.3 is 5.97 Å². The number of carboxylic acid groups (broad SMARTS) is 1. The fraction of sp³-hybridized carbons (Fsp3) is 0.857. The van der Waals surface area contributed by atoms with Gasteiger partial charge in [0.15, 0.2) is 0 Å². The summed E-state index contributed by atoms with van der Waals surface area (Å²) in [6.07, 6.45) is 0.169. The molecule has 0 radical (unpaired) electrons. The lowest BCUT2D eigenvalue weighted by Gasteiger charge is -2.24. The minimum Gasteiger partial charge on any atom is -0.481 e. The largest absolute Gasteiger partial charge is 0.481 e. The summed E-state index contributed by atoms with van der Waals surface area (Å²) in [6, 6.07) is 0. The third-order valence-corrected chi connectivity index (χ3v) is 3.00. The molecule has 0 unspecified atom stereocenters. The van der Waals surface area contributed by atoms with Gasteiger partial charge in [0, 0.05) is 19.0 Å². The fourth-order valence-electron chi connectivity index (χ4n) is 0.885. The SMILES string of the molecule is CNS(=O)(=O)NC(C)(C)CCC(=O)O. The first-order chi connectivity index (χ1) is 6.18. The summed E-state index contributed by atoms with van der Waals surface area (Å²) >= 11 is 0. The van der Waals surface area contributed by atoms with Crippen molar-refractivity contribution >= 4 is 16.2 Å². The summed E-state index contributed by atoms with van der Waals surface area (Å²) in [5.74, 6) is -0.943. The number of hydrogen-bond acceptors (Lipinski definition) is 3. The molecule has 0 aliphatic rings. The maximum Gasteiger partial charge on any atom is 0.303 e. The van der Waals surface area contributed by atoms with Gasteiger partial charge in [0.2, 0.25) is 0 Å². The molecule has 0 aliphatic heterocycles. The molecule has 0 spiro atoms. The molecular weight excluding hydrogens is 208 g/mol. The number of aliphatic carboxylic acids is 1. The molecule has 0 aromatic carbocycles. The van der Waals surface area contributed by atoms with Crippen molar-refractivity contribution in [2.75, 3.05) is 7.05 Å². The van der Waals surface area contributed by atoms with Crippen LogP contribution in [0.1, 0.15) is 26.7 Å². The van der Waals surface area contributed by atoms with E-state index in [-0.39, 0.29) is 12.8 Å². The van der Waals surface area contributed by atoms with E-state index in [1.165, 1.54) is 7.05 Å². The van der Waals surface area contributed by atoms with E-state index in [0.29, 0.717) is 0 Å². The Bertz CT molecular complexity index is 297. The van der Waals surface area contributed by atoms with Crippen molar-refractivity contribution < 1.29 is 18.3 Å². The molecule has 0 atom stereocenters. The smallest absolute Gasteiger partial charge is 0.303 e. The molecule has 6 nitrogen and oxygen atoms in total. The number of carboxylic acids is 1. The van der Waals surface area contributed by atoms with Crippen molar-refractivity contribution in [3.05, 3.63) is 0 Å². The lowest BCUT2D eigenvalue weighted by atomic mass is 10.0. The fourth-order valence-corrected chi connectivity index (χ4v) is 1.82. The van der Waals surface area contributed by atoms with E-state index >= 15 is 0 Å². The molecular formula is C7H16N2O4S. The molecule has 0 rings (SSSR count). The van der Waals surface area contributed by atoms with Crippen LogP contribution >= 0.6 is 0 Å². The van der Waals surface area contributed by atoms with Gasteiger partial charge < -0.3 is 5.11 Å².